The number of hydrogen-bond donors (Lipinski definition) is 2. The molecule has 7 heteroatoms. The number of benzene rings is 1. The van der Waals surface area contributed by atoms with Gasteiger partial charge in [0.05, 0.1) is 10.6 Å². The maximum atomic E-state index is 10.2. The summed E-state index contributed by atoms with van der Waals surface area (Å²) < 4.78 is 0. The molecular weight excluding hydrogens is 330 g/mol. The molecule has 2 rings (SSSR count). The summed E-state index contributed by atoms with van der Waals surface area (Å²) in [6.45, 7) is 5.40. The molecule has 1 aromatic heterocycles. The second-order valence-corrected chi connectivity index (χ2v) is 6.38. The van der Waals surface area contributed by atoms with Gasteiger partial charge in [-0.1, -0.05) is 16.8 Å². The summed E-state index contributed by atoms with van der Waals surface area (Å²) in [5.74, 6) is -0.345. The molecule has 6 nitrogen and oxygen atoms in total. The summed E-state index contributed by atoms with van der Waals surface area (Å²) >= 11 is 5.91. The Morgan fingerprint density at radius 1 is 1.29 bits per heavy atom. The van der Waals surface area contributed by atoms with Crippen molar-refractivity contribution >= 4 is 17.3 Å². The van der Waals surface area contributed by atoms with Crippen LogP contribution in [0.3, 0.4) is 0 Å². The van der Waals surface area contributed by atoms with Crippen LogP contribution in [-0.2, 0) is 4.84 Å². The van der Waals surface area contributed by atoms with Gasteiger partial charge in [-0.25, -0.2) is 0 Å². The van der Waals surface area contributed by atoms with Crippen LogP contribution in [0.2, 0.25) is 5.02 Å². The number of nitrogens with zero attached hydrogens (tertiary/aromatic N) is 3. The second kappa shape index (κ2) is 6.77. The van der Waals surface area contributed by atoms with E-state index in [2.05, 4.69) is 10.1 Å². The van der Waals surface area contributed by atoms with Gasteiger partial charge in [0.2, 0.25) is 0 Å². The van der Waals surface area contributed by atoms with Crippen LogP contribution in [-0.4, -0.2) is 26.5 Å². The Kier molecular flexibility index (Phi) is 4.96. The van der Waals surface area contributed by atoms with E-state index >= 15 is 0 Å². The predicted molar refractivity (Wildman–Crippen MR) is 90.2 cm³/mol. The maximum Gasteiger partial charge on any atom is 0.143 e. The van der Waals surface area contributed by atoms with Crippen molar-refractivity contribution in [3.05, 3.63) is 52.3 Å². The number of phenols is 1. The molecule has 1 aromatic carbocycles. The lowest BCUT2D eigenvalue weighted by Gasteiger charge is -2.18. The molecule has 0 aliphatic heterocycles. The summed E-state index contributed by atoms with van der Waals surface area (Å²) in [5.41, 5.74) is -0.0649. The van der Waals surface area contributed by atoms with E-state index in [9.17, 15) is 10.2 Å². The lowest BCUT2D eigenvalue weighted by Crippen LogP contribution is -2.18. The second-order valence-electron chi connectivity index (χ2n) is 5.98. The zero-order valence-electron chi connectivity index (χ0n) is 13.4. The molecule has 0 bridgehead atoms. The van der Waals surface area contributed by atoms with Crippen molar-refractivity contribution in [3.8, 4) is 17.6 Å². The van der Waals surface area contributed by atoms with Crippen molar-refractivity contribution in [3.63, 3.8) is 0 Å². The van der Waals surface area contributed by atoms with E-state index in [4.69, 9.17) is 21.7 Å². The van der Waals surface area contributed by atoms with Crippen LogP contribution in [0.4, 0.5) is 0 Å². The fourth-order valence-electron chi connectivity index (χ4n) is 1.82. The number of halogens is 1. The van der Waals surface area contributed by atoms with Gasteiger partial charge in [0, 0.05) is 17.8 Å². The van der Waals surface area contributed by atoms with Crippen LogP contribution in [0.25, 0.3) is 0 Å². The van der Waals surface area contributed by atoms with E-state index in [1.54, 1.807) is 26.8 Å². The number of aromatic nitrogens is 1. The van der Waals surface area contributed by atoms with Crippen LogP contribution in [0.15, 0.2) is 35.6 Å². The molecule has 0 saturated heterocycles. The van der Waals surface area contributed by atoms with Crippen molar-refractivity contribution in [2.24, 2.45) is 5.16 Å². The third-order valence-electron chi connectivity index (χ3n) is 2.88. The van der Waals surface area contributed by atoms with Gasteiger partial charge in [-0.15, -0.1) is 0 Å². The minimum Gasteiger partial charge on any atom is -0.507 e. The topological polar surface area (TPSA) is 98.7 Å². The van der Waals surface area contributed by atoms with Crippen LogP contribution in [0.1, 0.15) is 37.6 Å². The Morgan fingerprint density at radius 3 is 2.58 bits per heavy atom. The highest BCUT2D eigenvalue weighted by molar-refractivity contribution is 6.32. The average Bonchev–Trinajstić information content (AvgIpc) is 2.49. The molecule has 0 saturated carbocycles. The first-order valence-electron chi connectivity index (χ1n) is 7.06. The van der Waals surface area contributed by atoms with E-state index < -0.39 is 5.60 Å². The monoisotopic (exact) mass is 345 g/mol. The Morgan fingerprint density at radius 2 is 2.00 bits per heavy atom. The fraction of sp³-hybridized carbons (Fsp3) is 0.235. The largest absolute Gasteiger partial charge is 0.507 e. The molecule has 124 valence electrons. The summed E-state index contributed by atoms with van der Waals surface area (Å²) in [5, 5.41) is 33.6. The molecule has 0 atom stereocenters. The lowest BCUT2D eigenvalue weighted by molar-refractivity contribution is 0.00109. The third kappa shape index (κ3) is 3.94. The Balaban J connectivity index is 2.68. The molecule has 0 fully saturated rings. The van der Waals surface area contributed by atoms with Gasteiger partial charge in [0.1, 0.15) is 34.6 Å². The predicted octanol–water partition coefficient (Wildman–Crippen LogP) is 3.59. The molecule has 1 heterocycles. The van der Waals surface area contributed by atoms with Gasteiger partial charge in [-0.05, 0) is 39.0 Å². The Bertz CT molecular complexity index is 836. The van der Waals surface area contributed by atoms with Crippen molar-refractivity contribution in [1.82, 2.24) is 4.98 Å². The molecule has 0 amide bonds. The average molecular weight is 346 g/mol. The highest BCUT2D eigenvalue weighted by atomic mass is 35.5. The minimum absolute atomic E-state index is 0.0914. The molecule has 0 unspecified atom stereocenters. The summed E-state index contributed by atoms with van der Waals surface area (Å²) in [4.78, 5) is 9.51. The molecule has 2 N–H and O–H groups in total. The van der Waals surface area contributed by atoms with E-state index in [1.807, 2.05) is 6.07 Å². The number of hydrogen-bond acceptors (Lipinski definition) is 6. The Labute approximate surface area is 144 Å². The summed E-state index contributed by atoms with van der Waals surface area (Å²) in [6.07, 6.45) is 1.47. The first kappa shape index (κ1) is 17.6. The standard InChI is InChI=1S/C17H16ClN3O3/c1-17(2,3)24-21-15(16-13(22)5-4-6-20-16)11-7-10(9-19)12(18)8-14(11)23/h4-8,22-23H,1-3H3/b21-15-. The zero-order chi connectivity index (χ0) is 17.9. The van der Waals surface area contributed by atoms with E-state index in [1.165, 1.54) is 24.4 Å². The zero-order valence-corrected chi connectivity index (χ0v) is 14.2. The van der Waals surface area contributed by atoms with Crippen LogP contribution < -0.4 is 0 Å². The van der Waals surface area contributed by atoms with Crippen molar-refractivity contribution in [2.45, 2.75) is 26.4 Å². The first-order valence-corrected chi connectivity index (χ1v) is 7.44. The molecule has 24 heavy (non-hydrogen) atoms. The van der Waals surface area contributed by atoms with Crippen LogP contribution >= 0.6 is 11.6 Å². The van der Waals surface area contributed by atoms with Gasteiger partial charge in [0.15, 0.2) is 0 Å². The molecule has 0 spiro atoms. The smallest absolute Gasteiger partial charge is 0.143 e. The number of rotatable bonds is 3. The van der Waals surface area contributed by atoms with Crippen molar-refractivity contribution < 1.29 is 15.1 Å². The van der Waals surface area contributed by atoms with E-state index in [-0.39, 0.29) is 39.1 Å². The molecule has 0 aliphatic rings. The van der Waals surface area contributed by atoms with Crippen LogP contribution in [0.5, 0.6) is 11.5 Å². The van der Waals surface area contributed by atoms with E-state index in [0.29, 0.717) is 0 Å². The minimum atomic E-state index is -0.601. The number of nitriles is 1. The lowest BCUT2D eigenvalue weighted by atomic mass is 10.0. The molecular formula is C17H16ClN3O3. The van der Waals surface area contributed by atoms with Crippen LogP contribution in [0, 0.1) is 11.3 Å². The highest BCUT2D eigenvalue weighted by Crippen LogP contribution is 2.30. The molecule has 0 aliphatic carbocycles. The summed E-state index contributed by atoms with van der Waals surface area (Å²) in [7, 11) is 0. The normalized spacial score (nSPS) is 11.9. The highest BCUT2D eigenvalue weighted by Gasteiger charge is 2.21. The number of aromatic hydroxyl groups is 2. The molecule has 2 aromatic rings. The van der Waals surface area contributed by atoms with E-state index in [0.717, 1.165) is 0 Å². The van der Waals surface area contributed by atoms with Crippen molar-refractivity contribution in [2.75, 3.05) is 0 Å². The maximum absolute atomic E-state index is 10.2. The van der Waals surface area contributed by atoms with Gasteiger partial charge < -0.3 is 15.1 Å². The number of pyridine rings is 1. The van der Waals surface area contributed by atoms with Gasteiger partial charge >= 0.3 is 0 Å². The number of oxime groups is 1. The van der Waals surface area contributed by atoms with Crippen molar-refractivity contribution in [1.29, 1.82) is 5.26 Å². The fourth-order valence-corrected chi connectivity index (χ4v) is 2.02. The summed E-state index contributed by atoms with van der Waals surface area (Å²) in [6, 6.07) is 7.54. The Hall–Kier alpha value is -2.78. The van der Waals surface area contributed by atoms with Gasteiger partial charge in [-0.2, -0.15) is 5.26 Å². The third-order valence-corrected chi connectivity index (χ3v) is 3.20. The SMILES string of the molecule is CC(C)(C)O/N=C(/c1cc(C#N)c(Cl)cc1O)c1ncccc1O. The number of phenolic OH excluding ortho intramolecular Hbond substituents is 1. The molecule has 0 radical (unpaired) electrons. The van der Waals surface area contributed by atoms with Gasteiger partial charge in [0.25, 0.3) is 0 Å². The quantitative estimate of drug-likeness (QED) is 0.654. The van der Waals surface area contributed by atoms with Gasteiger partial charge in [-0.3, -0.25) is 4.98 Å². The first-order chi connectivity index (χ1) is 11.2.